The van der Waals surface area contributed by atoms with E-state index in [0.29, 0.717) is 17.5 Å². The van der Waals surface area contributed by atoms with Crippen molar-refractivity contribution in [1.29, 1.82) is 0 Å². The van der Waals surface area contributed by atoms with Crippen molar-refractivity contribution in [3.05, 3.63) is 48.2 Å². The van der Waals surface area contributed by atoms with E-state index in [1.807, 2.05) is 0 Å². The van der Waals surface area contributed by atoms with Crippen molar-refractivity contribution in [3.8, 4) is 23.0 Å². The number of tetrazole rings is 1. The van der Waals surface area contributed by atoms with Crippen molar-refractivity contribution in [2.24, 2.45) is 0 Å². The molecule has 1 atom stereocenters. The van der Waals surface area contributed by atoms with Crippen LogP contribution in [-0.4, -0.2) is 54.5 Å². The Bertz CT molecular complexity index is 1270. The van der Waals surface area contributed by atoms with Gasteiger partial charge < -0.3 is 19.5 Å². The number of ether oxygens (including phenoxy) is 3. The van der Waals surface area contributed by atoms with Gasteiger partial charge in [0.1, 0.15) is 17.0 Å². The van der Waals surface area contributed by atoms with E-state index in [-0.39, 0.29) is 24.7 Å². The molecule has 14 heteroatoms. The fourth-order valence-electron chi connectivity index (χ4n) is 3.25. The highest BCUT2D eigenvalue weighted by molar-refractivity contribution is 5.73. The van der Waals surface area contributed by atoms with E-state index in [0.717, 1.165) is 12.1 Å². The minimum Gasteiger partial charge on any atom is -0.460 e. The van der Waals surface area contributed by atoms with Gasteiger partial charge >= 0.3 is 18.2 Å². The van der Waals surface area contributed by atoms with Gasteiger partial charge in [-0.3, -0.25) is 4.79 Å². The molecule has 1 unspecified atom stereocenters. The summed E-state index contributed by atoms with van der Waals surface area (Å²) in [5.41, 5.74) is -1.75. The van der Waals surface area contributed by atoms with E-state index < -0.39 is 41.0 Å². The summed E-state index contributed by atoms with van der Waals surface area (Å²) in [5, 5.41) is 15.0. The Hall–Kier alpha value is -4.23. The predicted octanol–water partition coefficient (Wildman–Crippen LogP) is 5.17. The maximum atomic E-state index is 12.7. The number of nitrogens with one attached hydrogen (secondary N) is 1. The molecular formula is C26H31F3N6O5. The van der Waals surface area contributed by atoms with Gasteiger partial charge in [0.2, 0.25) is 11.7 Å². The Morgan fingerprint density at radius 3 is 2.15 bits per heavy atom. The van der Waals surface area contributed by atoms with Crippen LogP contribution in [0.25, 0.3) is 11.4 Å². The van der Waals surface area contributed by atoms with Gasteiger partial charge in [0.05, 0.1) is 24.6 Å². The van der Waals surface area contributed by atoms with Crippen LogP contribution in [-0.2, 0) is 27.0 Å². The second-order valence-electron chi connectivity index (χ2n) is 10.8. The highest BCUT2D eigenvalue weighted by Crippen LogP contribution is 2.30. The van der Waals surface area contributed by atoms with Crippen LogP contribution in [0.2, 0.25) is 0 Å². The topological polar surface area (TPSA) is 130 Å². The van der Waals surface area contributed by atoms with E-state index in [4.69, 9.17) is 14.2 Å². The Morgan fingerprint density at radius 1 is 0.950 bits per heavy atom. The van der Waals surface area contributed by atoms with Crippen LogP contribution in [0, 0.1) is 0 Å². The van der Waals surface area contributed by atoms with Crippen LogP contribution in [0.5, 0.6) is 11.6 Å². The number of benzene rings is 1. The standard InChI is InChI=1S/C26H31F3N6O5/c1-24(2,3)39-21(36)13-18(31-23(37)40-25(4,5)6)15-35-33-22(32-34-35)16-7-10-19(11-8-16)38-20-12-9-17(14-30-20)26(27,28)29/h7-12,14,18H,13,15H2,1-6H3,(H,31,37). The smallest absolute Gasteiger partial charge is 0.417 e. The van der Waals surface area contributed by atoms with Gasteiger partial charge in [-0.2, -0.15) is 18.0 Å². The average Bonchev–Trinajstić information content (AvgIpc) is 3.25. The molecule has 1 N–H and O–H groups in total. The number of hydrogen-bond donors (Lipinski definition) is 1. The lowest BCUT2D eigenvalue weighted by Gasteiger charge is -2.24. The number of halogens is 3. The Labute approximate surface area is 229 Å². The molecule has 0 aliphatic carbocycles. The molecule has 0 saturated carbocycles. The van der Waals surface area contributed by atoms with Crippen LogP contribution in [0.3, 0.4) is 0 Å². The van der Waals surface area contributed by atoms with E-state index in [9.17, 15) is 22.8 Å². The van der Waals surface area contributed by atoms with Crippen molar-refractivity contribution < 1.29 is 37.0 Å². The van der Waals surface area contributed by atoms with Gasteiger partial charge in [0, 0.05) is 17.8 Å². The first-order valence-corrected chi connectivity index (χ1v) is 12.3. The van der Waals surface area contributed by atoms with Crippen LogP contribution in [0.15, 0.2) is 42.6 Å². The number of carbonyl (C=O) groups is 2. The minimum atomic E-state index is -4.49. The molecule has 0 aliphatic heterocycles. The molecule has 11 nitrogen and oxygen atoms in total. The lowest BCUT2D eigenvalue weighted by molar-refractivity contribution is -0.155. The molecule has 3 aromatic rings. The maximum absolute atomic E-state index is 12.7. The zero-order chi connectivity index (χ0) is 29.7. The summed E-state index contributed by atoms with van der Waals surface area (Å²) in [7, 11) is 0. The maximum Gasteiger partial charge on any atom is 0.417 e. The van der Waals surface area contributed by atoms with Gasteiger partial charge in [-0.05, 0) is 77.1 Å². The van der Waals surface area contributed by atoms with E-state index in [1.165, 1.54) is 4.80 Å². The molecule has 0 bridgehead atoms. The molecule has 1 amide bonds. The predicted molar refractivity (Wildman–Crippen MR) is 136 cm³/mol. The monoisotopic (exact) mass is 564 g/mol. The third-order valence-corrected chi connectivity index (χ3v) is 4.79. The lowest BCUT2D eigenvalue weighted by Crippen LogP contribution is -2.43. The van der Waals surface area contributed by atoms with E-state index in [2.05, 4.69) is 25.7 Å². The Balaban J connectivity index is 1.67. The largest absolute Gasteiger partial charge is 0.460 e. The first-order chi connectivity index (χ1) is 18.5. The number of hydrogen-bond acceptors (Lipinski definition) is 9. The van der Waals surface area contributed by atoms with Gasteiger partial charge in [0.25, 0.3) is 0 Å². The molecule has 0 radical (unpaired) electrons. The van der Waals surface area contributed by atoms with Crippen molar-refractivity contribution in [1.82, 2.24) is 30.5 Å². The number of carbonyl (C=O) groups excluding carboxylic acids is 2. The first kappa shape index (κ1) is 30.3. The number of nitrogens with zero attached hydrogens (tertiary/aromatic N) is 5. The van der Waals surface area contributed by atoms with Crippen LogP contribution in [0.4, 0.5) is 18.0 Å². The van der Waals surface area contributed by atoms with Crippen LogP contribution in [0.1, 0.15) is 53.5 Å². The van der Waals surface area contributed by atoms with Crippen molar-refractivity contribution in [2.45, 2.75) is 77.9 Å². The minimum absolute atomic E-state index is 0.00154. The summed E-state index contributed by atoms with van der Waals surface area (Å²) >= 11 is 0. The number of rotatable bonds is 8. The normalized spacial score (nSPS) is 12.9. The zero-order valence-electron chi connectivity index (χ0n) is 22.9. The lowest BCUT2D eigenvalue weighted by atomic mass is 10.1. The van der Waals surface area contributed by atoms with Gasteiger partial charge in [-0.25, -0.2) is 9.78 Å². The van der Waals surface area contributed by atoms with Gasteiger partial charge in [-0.15, -0.1) is 10.2 Å². The number of esters is 1. The molecule has 3 rings (SSSR count). The molecule has 0 saturated heterocycles. The fraction of sp³-hybridized carbons (Fsp3) is 0.462. The summed E-state index contributed by atoms with van der Waals surface area (Å²) in [6.07, 6.45) is -4.66. The molecule has 2 heterocycles. The summed E-state index contributed by atoms with van der Waals surface area (Å²) < 4.78 is 54.3. The summed E-state index contributed by atoms with van der Waals surface area (Å²) in [4.78, 5) is 29.7. The third-order valence-electron chi connectivity index (χ3n) is 4.79. The van der Waals surface area contributed by atoms with E-state index in [1.54, 1.807) is 65.8 Å². The highest BCUT2D eigenvalue weighted by atomic mass is 19.4. The number of amides is 1. The Morgan fingerprint density at radius 2 is 1.60 bits per heavy atom. The molecular weight excluding hydrogens is 533 g/mol. The fourth-order valence-corrected chi connectivity index (χ4v) is 3.25. The molecule has 1 aromatic carbocycles. The molecule has 216 valence electrons. The van der Waals surface area contributed by atoms with Gasteiger partial charge in [0.15, 0.2) is 0 Å². The first-order valence-electron chi connectivity index (χ1n) is 12.3. The second kappa shape index (κ2) is 11.9. The van der Waals surface area contributed by atoms with Crippen molar-refractivity contribution in [3.63, 3.8) is 0 Å². The van der Waals surface area contributed by atoms with Crippen molar-refractivity contribution >= 4 is 12.1 Å². The van der Waals surface area contributed by atoms with Gasteiger partial charge in [-0.1, -0.05) is 0 Å². The van der Waals surface area contributed by atoms with Crippen LogP contribution >= 0.6 is 0 Å². The molecule has 0 fully saturated rings. The number of alkyl carbamates (subject to hydrolysis) is 1. The summed E-state index contributed by atoms with van der Waals surface area (Å²) in [6, 6.07) is 7.68. The quantitative estimate of drug-likeness (QED) is 0.368. The summed E-state index contributed by atoms with van der Waals surface area (Å²) in [6.45, 7) is 10.4. The van der Waals surface area contributed by atoms with Crippen molar-refractivity contribution in [2.75, 3.05) is 0 Å². The molecule has 40 heavy (non-hydrogen) atoms. The highest BCUT2D eigenvalue weighted by Gasteiger charge is 2.31. The van der Waals surface area contributed by atoms with Crippen LogP contribution < -0.4 is 10.1 Å². The number of aromatic nitrogens is 5. The second-order valence-corrected chi connectivity index (χ2v) is 10.8. The third kappa shape index (κ3) is 9.82. The molecule has 0 spiro atoms. The number of alkyl halides is 3. The zero-order valence-corrected chi connectivity index (χ0v) is 22.9. The average molecular weight is 565 g/mol. The Kier molecular flexibility index (Phi) is 9.00. The number of pyridine rings is 1. The SMILES string of the molecule is CC(C)(C)OC(=O)CC(Cn1nnc(-c2ccc(Oc3ccc(C(F)(F)F)cn3)cc2)n1)NC(=O)OC(C)(C)C. The molecule has 0 aliphatic rings. The molecule has 2 aromatic heterocycles. The van der Waals surface area contributed by atoms with E-state index >= 15 is 0 Å². The summed E-state index contributed by atoms with van der Waals surface area (Å²) in [5.74, 6) is 0.0697.